The van der Waals surface area contributed by atoms with Crippen LogP contribution in [-0.2, 0) is 0 Å². The number of rotatable bonds is 5. The third kappa shape index (κ3) is 3.86. The molecule has 0 saturated heterocycles. The van der Waals surface area contributed by atoms with Crippen LogP contribution in [0.1, 0.15) is 36.5 Å². The highest BCUT2D eigenvalue weighted by atomic mass is 16.5. The van der Waals surface area contributed by atoms with Gasteiger partial charge in [-0.15, -0.1) is 0 Å². The van der Waals surface area contributed by atoms with Gasteiger partial charge in [0.2, 0.25) is 0 Å². The smallest absolute Gasteiger partial charge is 0.122 e. The molecule has 1 rings (SSSR count). The van der Waals surface area contributed by atoms with Crippen LogP contribution < -0.4 is 10.5 Å². The highest BCUT2D eigenvalue weighted by molar-refractivity contribution is 5.41. The summed E-state index contributed by atoms with van der Waals surface area (Å²) < 4.78 is 5.79. The van der Waals surface area contributed by atoms with Crippen LogP contribution in [0.2, 0.25) is 0 Å². The molecule has 2 N–H and O–H groups in total. The van der Waals surface area contributed by atoms with Gasteiger partial charge in [0.05, 0.1) is 6.61 Å². The molecule has 0 spiro atoms. The van der Waals surface area contributed by atoms with Crippen LogP contribution in [0.4, 0.5) is 0 Å². The minimum absolute atomic E-state index is 0.268. The lowest BCUT2D eigenvalue weighted by Crippen LogP contribution is -2.15. The number of hydrogen-bond acceptors (Lipinski definition) is 2. The van der Waals surface area contributed by atoms with Gasteiger partial charge >= 0.3 is 0 Å². The van der Waals surface area contributed by atoms with Gasteiger partial charge in [0.1, 0.15) is 5.75 Å². The molecular weight excluding hydrogens is 198 g/mol. The summed E-state index contributed by atoms with van der Waals surface area (Å²) in [4.78, 5) is 0. The highest BCUT2D eigenvalue weighted by Gasteiger charge is 2.03. The Morgan fingerprint density at radius 2 is 1.94 bits per heavy atom. The Kier molecular flexibility index (Phi) is 4.81. The van der Waals surface area contributed by atoms with Crippen molar-refractivity contribution in [3.05, 3.63) is 28.8 Å². The monoisotopic (exact) mass is 221 g/mol. The topological polar surface area (TPSA) is 35.2 Å². The zero-order valence-corrected chi connectivity index (χ0v) is 10.8. The standard InChI is InChI=1S/C14H23NO/c1-10-8-11(2)13(4)14(9-10)16-7-5-6-12(3)15/h8-9,12H,5-7,15H2,1-4H3. The van der Waals surface area contributed by atoms with Gasteiger partial charge in [0, 0.05) is 6.04 Å². The molecule has 0 amide bonds. The summed E-state index contributed by atoms with van der Waals surface area (Å²) in [6, 6.07) is 4.56. The average molecular weight is 221 g/mol. The van der Waals surface area contributed by atoms with Gasteiger partial charge in [-0.25, -0.2) is 0 Å². The van der Waals surface area contributed by atoms with Crippen LogP contribution in [0.3, 0.4) is 0 Å². The summed E-state index contributed by atoms with van der Waals surface area (Å²) in [6.07, 6.45) is 2.04. The van der Waals surface area contributed by atoms with Gasteiger partial charge in [-0.2, -0.15) is 0 Å². The molecule has 0 aliphatic carbocycles. The molecule has 16 heavy (non-hydrogen) atoms. The first-order chi connectivity index (χ1) is 7.50. The molecule has 0 fully saturated rings. The first-order valence-electron chi connectivity index (χ1n) is 5.97. The van der Waals surface area contributed by atoms with E-state index in [0.717, 1.165) is 25.2 Å². The quantitative estimate of drug-likeness (QED) is 0.775. The second-order valence-electron chi connectivity index (χ2n) is 4.67. The van der Waals surface area contributed by atoms with E-state index in [0.29, 0.717) is 0 Å². The van der Waals surface area contributed by atoms with Gasteiger partial charge in [-0.05, 0) is 63.3 Å². The van der Waals surface area contributed by atoms with Crippen LogP contribution in [0.15, 0.2) is 12.1 Å². The maximum Gasteiger partial charge on any atom is 0.122 e. The van der Waals surface area contributed by atoms with Crippen LogP contribution in [0.25, 0.3) is 0 Å². The molecular formula is C14H23NO. The SMILES string of the molecule is Cc1cc(C)c(C)c(OCCCC(C)N)c1. The average Bonchev–Trinajstić information content (AvgIpc) is 2.19. The van der Waals surface area contributed by atoms with Crippen molar-refractivity contribution < 1.29 is 4.74 Å². The number of nitrogens with two attached hydrogens (primary N) is 1. The molecule has 2 heteroatoms. The van der Waals surface area contributed by atoms with Gasteiger partial charge < -0.3 is 10.5 Å². The normalized spacial score (nSPS) is 12.6. The van der Waals surface area contributed by atoms with E-state index in [-0.39, 0.29) is 6.04 Å². The molecule has 1 aromatic carbocycles. The lowest BCUT2D eigenvalue weighted by atomic mass is 10.1. The minimum Gasteiger partial charge on any atom is -0.493 e. The van der Waals surface area contributed by atoms with Crippen LogP contribution in [-0.4, -0.2) is 12.6 Å². The molecule has 0 aliphatic rings. The summed E-state index contributed by atoms with van der Waals surface area (Å²) in [5.41, 5.74) is 9.49. The maximum absolute atomic E-state index is 5.79. The van der Waals surface area contributed by atoms with Crippen molar-refractivity contribution >= 4 is 0 Å². The third-order valence-electron chi connectivity index (χ3n) is 2.83. The molecule has 0 heterocycles. The Morgan fingerprint density at radius 1 is 1.25 bits per heavy atom. The molecule has 0 saturated carbocycles. The minimum atomic E-state index is 0.268. The summed E-state index contributed by atoms with van der Waals surface area (Å²) in [5.74, 6) is 1.02. The first-order valence-corrected chi connectivity index (χ1v) is 5.97. The molecule has 1 aromatic rings. The molecule has 0 aliphatic heterocycles. The Balaban J connectivity index is 2.53. The van der Waals surface area contributed by atoms with Crippen LogP contribution >= 0.6 is 0 Å². The lowest BCUT2D eigenvalue weighted by Gasteiger charge is -2.12. The predicted octanol–water partition coefficient (Wildman–Crippen LogP) is 3.12. The predicted molar refractivity (Wildman–Crippen MR) is 69.0 cm³/mol. The molecule has 2 nitrogen and oxygen atoms in total. The molecule has 0 radical (unpaired) electrons. The summed E-state index contributed by atoms with van der Waals surface area (Å²) in [7, 11) is 0. The Hall–Kier alpha value is -1.02. The number of benzene rings is 1. The molecule has 1 atom stereocenters. The van der Waals surface area contributed by atoms with Crippen molar-refractivity contribution in [1.82, 2.24) is 0 Å². The first kappa shape index (κ1) is 13.0. The number of hydrogen-bond donors (Lipinski definition) is 1. The lowest BCUT2D eigenvalue weighted by molar-refractivity contribution is 0.300. The van der Waals surface area contributed by atoms with E-state index in [9.17, 15) is 0 Å². The second-order valence-corrected chi connectivity index (χ2v) is 4.67. The summed E-state index contributed by atoms with van der Waals surface area (Å²) >= 11 is 0. The van der Waals surface area contributed by atoms with Gasteiger partial charge in [-0.3, -0.25) is 0 Å². The van der Waals surface area contributed by atoms with Crippen molar-refractivity contribution in [3.63, 3.8) is 0 Å². The molecule has 1 unspecified atom stereocenters. The molecule has 0 bridgehead atoms. The fraction of sp³-hybridized carbons (Fsp3) is 0.571. The van der Waals surface area contributed by atoms with Crippen LogP contribution in [0, 0.1) is 20.8 Å². The zero-order valence-electron chi connectivity index (χ0n) is 10.8. The van der Waals surface area contributed by atoms with Crippen molar-refractivity contribution in [2.45, 2.75) is 46.6 Å². The third-order valence-corrected chi connectivity index (χ3v) is 2.83. The number of ether oxygens (including phenoxy) is 1. The summed E-state index contributed by atoms with van der Waals surface area (Å²) in [6.45, 7) is 9.11. The zero-order chi connectivity index (χ0) is 12.1. The van der Waals surface area contributed by atoms with E-state index in [1.807, 2.05) is 6.92 Å². The van der Waals surface area contributed by atoms with E-state index in [1.54, 1.807) is 0 Å². The van der Waals surface area contributed by atoms with E-state index in [1.165, 1.54) is 16.7 Å². The van der Waals surface area contributed by atoms with Gasteiger partial charge in [-0.1, -0.05) is 6.07 Å². The van der Waals surface area contributed by atoms with Gasteiger partial charge in [0.15, 0.2) is 0 Å². The van der Waals surface area contributed by atoms with Crippen molar-refractivity contribution in [2.24, 2.45) is 5.73 Å². The van der Waals surface area contributed by atoms with Crippen LogP contribution in [0.5, 0.6) is 5.75 Å². The number of aryl methyl sites for hydroxylation is 2. The van der Waals surface area contributed by atoms with E-state index in [4.69, 9.17) is 10.5 Å². The fourth-order valence-electron chi connectivity index (χ4n) is 1.74. The molecule has 90 valence electrons. The Labute approximate surface area is 98.8 Å². The van der Waals surface area contributed by atoms with E-state index < -0.39 is 0 Å². The Morgan fingerprint density at radius 3 is 2.56 bits per heavy atom. The maximum atomic E-state index is 5.79. The highest BCUT2D eigenvalue weighted by Crippen LogP contribution is 2.23. The van der Waals surface area contributed by atoms with Crippen molar-refractivity contribution in [3.8, 4) is 5.75 Å². The summed E-state index contributed by atoms with van der Waals surface area (Å²) in [5, 5.41) is 0. The molecule has 0 aromatic heterocycles. The van der Waals surface area contributed by atoms with E-state index in [2.05, 4.69) is 32.9 Å². The second kappa shape index (κ2) is 5.90. The van der Waals surface area contributed by atoms with Crippen molar-refractivity contribution in [1.29, 1.82) is 0 Å². The van der Waals surface area contributed by atoms with Gasteiger partial charge in [0.25, 0.3) is 0 Å². The largest absolute Gasteiger partial charge is 0.493 e. The fourth-order valence-corrected chi connectivity index (χ4v) is 1.74. The van der Waals surface area contributed by atoms with E-state index >= 15 is 0 Å². The Bertz CT molecular complexity index is 345. The van der Waals surface area contributed by atoms with Crippen molar-refractivity contribution in [2.75, 3.05) is 6.61 Å².